The first kappa shape index (κ1) is 16.7. The Balaban J connectivity index is 1.61. The van der Waals surface area contributed by atoms with Crippen LogP contribution in [-0.4, -0.2) is 28.8 Å². The first-order valence-electron chi connectivity index (χ1n) is 8.35. The molecule has 2 heterocycles. The van der Waals surface area contributed by atoms with Crippen molar-refractivity contribution in [2.75, 3.05) is 11.9 Å². The van der Waals surface area contributed by atoms with Gasteiger partial charge in [0.05, 0.1) is 12.5 Å². The van der Waals surface area contributed by atoms with Gasteiger partial charge in [0.15, 0.2) is 5.17 Å². The van der Waals surface area contributed by atoms with Crippen LogP contribution in [0, 0.1) is 0 Å². The lowest BCUT2D eigenvalue weighted by molar-refractivity contribution is -0.123. The second-order valence-corrected chi connectivity index (χ2v) is 7.03. The van der Waals surface area contributed by atoms with Gasteiger partial charge in [-0.05, 0) is 30.7 Å². The Hall–Kier alpha value is -2.80. The summed E-state index contributed by atoms with van der Waals surface area (Å²) in [5, 5.41) is 5.56. The highest BCUT2D eigenvalue weighted by Crippen LogP contribution is 2.41. The molecular formula is C19H17N3O3S. The van der Waals surface area contributed by atoms with Gasteiger partial charge >= 0.3 is 0 Å². The fourth-order valence-corrected chi connectivity index (χ4v) is 4.25. The van der Waals surface area contributed by atoms with E-state index in [4.69, 9.17) is 4.74 Å². The Morgan fingerprint density at radius 2 is 1.81 bits per heavy atom. The van der Waals surface area contributed by atoms with E-state index in [1.54, 1.807) is 0 Å². The molecule has 2 aliphatic rings. The van der Waals surface area contributed by atoms with Gasteiger partial charge in [-0.15, -0.1) is 0 Å². The van der Waals surface area contributed by atoms with E-state index in [0.717, 1.165) is 11.3 Å². The molecule has 0 unspecified atom stereocenters. The molecule has 26 heavy (non-hydrogen) atoms. The van der Waals surface area contributed by atoms with Gasteiger partial charge in [-0.3, -0.25) is 9.59 Å². The summed E-state index contributed by atoms with van der Waals surface area (Å²) >= 11 is 1.28. The number of ether oxygens (including phenoxy) is 1. The molecule has 0 radical (unpaired) electrons. The molecule has 0 spiro atoms. The Morgan fingerprint density at radius 1 is 1.04 bits per heavy atom. The highest BCUT2D eigenvalue weighted by atomic mass is 32.2. The number of amides is 2. The predicted octanol–water partition coefficient (Wildman–Crippen LogP) is 3.04. The number of thioether (sulfide) groups is 1. The number of fused-ring (bicyclic) bond motifs is 1. The average Bonchev–Trinajstić information content (AvgIpc) is 3.15. The van der Waals surface area contributed by atoms with Gasteiger partial charge in [-0.2, -0.15) is 0 Å². The standard InChI is InChI=1S/C19H17N3O3S/c1-2-25-14-10-6-5-9-13(14)21-19-22-18(24)16(26-19)15-11-7-3-4-8-12(11)20-17(15)23/h3-10,15-16H,2H2,1H3,(H,20,23)(H,21,22,24)/t15-,16-/m0/s1. The number of benzene rings is 2. The van der Waals surface area contributed by atoms with Crippen LogP contribution < -0.4 is 15.4 Å². The van der Waals surface area contributed by atoms with Crippen molar-refractivity contribution in [2.24, 2.45) is 4.99 Å². The third-order valence-electron chi connectivity index (χ3n) is 4.25. The summed E-state index contributed by atoms with van der Waals surface area (Å²) in [6, 6.07) is 14.9. The lowest BCUT2D eigenvalue weighted by atomic mass is 9.96. The zero-order valence-corrected chi connectivity index (χ0v) is 14.9. The van der Waals surface area contributed by atoms with E-state index < -0.39 is 11.2 Å². The molecule has 0 bridgehead atoms. The van der Waals surface area contributed by atoms with Crippen molar-refractivity contribution in [2.45, 2.75) is 18.1 Å². The fourth-order valence-electron chi connectivity index (χ4n) is 3.12. The smallest absolute Gasteiger partial charge is 0.240 e. The maximum absolute atomic E-state index is 12.5. The molecule has 0 aliphatic carbocycles. The molecule has 2 N–H and O–H groups in total. The van der Waals surface area contributed by atoms with Crippen LogP contribution in [0.1, 0.15) is 18.4 Å². The molecule has 6 nitrogen and oxygen atoms in total. The Labute approximate surface area is 155 Å². The van der Waals surface area contributed by atoms with Crippen LogP contribution in [0.15, 0.2) is 53.5 Å². The highest BCUT2D eigenvalue weighted by molar-refractivity contribution is 8.15. The van der Waals surface area contributed by atoms with Crippen molar-refractivity contribution in [1.82, 2.24) is 5.32 Å². The third-order valence-corrected chi connectivity index (χ3v) is 5.41. The monoisotopic (exact) mass is 367 g/mol. The molecule has 0 aromatic heterocycles. The summed E-state index contributed by atoms with van der Waals surface area (Å²) in [7, 11) is 0. The quantitative estimate of drug-likeness (QED) is 0.870. The normalized spacial score (nSPS) is 22.9. The third kappa shape index (κ3) is 2.94. The second-order valence-electron chi connectivity index (χ2n) is 5.90. The number of anilines is 1. The largest absolute Gasteiger partial charge is 0.492 e. The molecular weight excluding hydrogens is 350 g/mol. The summed E-state index contributed by atoms with van der Waals surface area (Å²) in [5.74, 6) is -0.231. The molecule has 2 aromatic carbocycles. The maximum atomic E-state index is 12.5. The number of hydrogen-bond acceptors (Lipinski definition) is 5. The molecule has 1 fully saturated rings. The lowest BCUT2D eigenvalue weighted by Gasteiger charge is -2.12. The van der Waals surface area contributed by atoms with Gasteiger partial charge in [-0.25, -0.2) is 4.99 Å². The first-order valence-corrected chi connectivity index (χ1v) is 9.23. The van der Waals surface area contributed by atoms with Crippen LogP contribution in [-0.2, 0) is 9.59 Å². The minimum Gasteiger partial charge on any atom is -0.492 e. The molecule has 2 aromatic rings. The summed E-state index contributed by atoms with van der Waals surface area (Å²) in [6.07, 6.45) is 0. The van der Waals surface area contributed by atoms with Gasteiger partial charge in [0.25, 0.3) is 0 Å². The molecule has 0 saturated carbocycles. The van der Waals surface area contributed by atoms with Crippen LogP contribution in [0.3, 0.4) is 0 Å². The minimum absolute atomic E-state index is 0.158. The Morgan fingerprint density at radius 3 is 2.65 bits per heavy atom. The first-order chi connectivity index (χ1) is 12.7. The lowest BCUT2D eigenvalue weighted by Crippen LogP contribution is -2.31. The van der Waals surface area contributed by atoms with Crippen LogP contribution in [0.2, 0.25) is 0 Å². The Bertz CT molecular complexity index is 912. The van der Waals surface area contributed by atoms with E-state index in [0.29, 0.717) is 23.2 Å². The topological polar surface area (TPSA) is 79.8 Å². The molecule has 2 amide bonds. The summed E-state index contributed by atoms with van der Waals surface area (Å²) in [5.41, 5.74) is 2.26. The Kier molecular flexibility index (Phi) is 4.38. The van der Waals surface area contributed by atoms with Crippen LogP contribution in [0.25, 0.3) is 0 Å². The predicted molar refractivity (Wildman–Crippen MR) is 102 cm³/mol. The molecule has 2 atom stereocenters. The highest BCUT2D eigenvalue weighted by Gasteiger charge is 2.45. The molecule has 1 saturated heterocycles. The van der Waals surface area contributed by atoms with Crippen LogP contribution >= 0.6 is 11.8 Å². The van der Waals surface area contributed by atoms with Crippen LogP contribution in [0.4, 0.5) is 11.4 Å². The molecule has 2 aliphatic heterocycles. The van der Waals surface area contributed by atoms with E-state index in [1.165, 1.54) is 11.8 Å². The van der Waals surface area contributed by atoms with Gasteiger partial charge < -0.3 is 15.4 Å². The van der Waals surface area contributed by atoms with E-state index in [-0.39, 0.29) is 11.8 Å². The minimum atomic E-state index is -0.545. The number of aliphatic imine (C=N–C) groups is 1. The zero-order chi connectivity index (χ0) is 18.1. The van der Waals surface area contributed by atoms with Crippen molar-refractivity contribution in [1.29, 1.82) is 0 Å². The van der Waals surface area contributed by atoms with Crippen molar-refractivity contribution in [3.05, 3.63) is 54.1 Å². The molecule has 4 rings (SSSR count). The van der Waals surface area contributed by atoms with Crippen molar-refractivity contribution >= 4 is 40.1 Å². The van der Waals surface area contributed by atoms with Gasteiger partial charge in [-0.1, -0.05) is 42.1 Å². The van der Waals surface area contributed by atoms with E-state index >= 15 is 0 Å². The van der Waals surface area contributed by atoms with E-state index in [2.05, 4.69) is 15.6 Å². The van der Waals surface area contributed by atoms with Crippen LogP contribution in [0.5, 0.6) is 5.75 Å². The van der Waals surface area contributed by atoms with E-state index in [9.17, 15) is 9.59 Å². The van der Waals surface area contributed by atoms with Crippen molar-refractivity contribution in [3.8, 4) is 5.75 Å². The number of amidine groups is 1. The number of rotatable bonds is 4. The van der Waals surface area contributed by atoms with Gasteiger partial charge in [0.1, 0.15) is 16.7 Å². The summed E-state index contributed by atoms with van der Waals surface area (Å²) < 4.78 is 5.57. The molecule has 7 heteroatoms. The maximum Gasteiger partial charge on any atom is 0.240 e. The molecule has 132 valence electrons. The number of carbonyl (C=O) groups excluding carboxylic acids is 2. The fraction of sp³-hybridized carbons (Fsp3) is 0.211. The second kappa shape index (κ2) is 6.84. The SMILES string of the molecule is CCOc1ccccc1N=C1NC(=O)[C@H]([C@H]2C(=O)Nc3ccccc32)S1. The zero-order valence-electron chi connectivity index (χ0n) is 14.1. The number of nitrogens with one attached hydrogen (secondary N) is 2. The average molecular weight is 367 g/mol. The number of carbonyl (C=O) groups is 2. The summed E-state index contributed by atoms with van der Waals surface area (Å²) in [6.45, 7) is 2.44. The van der Waals surface area contributed by atoms with Gasteiger partial charge in [0.2, 0.25) is 11.8 Å². The number of hydrogen-bond donors (Lipinski definition) is 2. The number of nitrogens with zero attached hydrogens (tertiary/aromatic N) is 1. The summed E-state index contributed by atoms with van der Waals surface area (Å²) in [4.78, 5) is 29.4. The number of para-hydroxylation sites is 3. The van der Waals surface area contributed by atoms with E-state index in [1.807, 2.05) is 55.5 Å². The van der Waals surface area contributed by atoms with Crippen molar-refractivity contribution < 1.29 is 14.3 Å². The van der Waals surface area contributed by atoms with Gasteiger partial charge in [0, 0.05) is 5.69 Å². The van der Waals surface area contributed by atoms with Crippen molar-refractivity contribution in [3.63, 3.8) is 0 Å².